The molecule has 6 rings (SSSR count). The van der Waals surface area contributed by atoms with E-state index in [-0.39, 0.29) is 23.3 Å². The van der Waals surface area contributed by atoms with Crippen molar-refractivity contribution in [2.24, 2.45) is 23.2 Å². The second-order valence-electron chi connectivity index (χ2n) is 8.40. The summed E-state index contributed by atoms with van der Waals surface area (Å²) in [5.74, 6) is 1.56. The number of benzene rings is 1. The predicted molar refractivity (Wildman–Crippen MR) is 90.6 cm³/mol. The second kappa shape index (κ2) is 3.94. The number of anilines is 1. The van der Waals surface area contributed by atoms with E-state index in [4.69, 9.17) is 4.74 Å². The molecule has 7 atom stereocenters. The zero-order chi connectivity index (χ0) is 16.3. The molecule has 4 fully saturated rings. The average molecular weight is 322 g/mol. The first-order chi connectivity index (χ1) is 11.6. The molecule has 24 heavy (non-hydrogen) atoms. The van der Waals surface area contributed by atoms with Gasteiger partial charge in [-0.15, -0.1) is 6.58 Å². The molecular formula is C20H22N2O2. The lowest BCUT2D eigenvalue weighted by molar-refractivity contribution is -0.153. The molecule has 5 bridgehead atoms. The minimum atomic E-state index is -0.554. The average Bonchev–Trinajstić information content (AvgIpc) is 3.08. The predicted octanol–water partition coefficient (Wildman–Crippen LogP) is 2.03. The van der Waals surface area contributed by atoms with Gasteiger partial charge in [-0.1, -0.05) is 24.3 Å². The van der Waals surface area contributed by atoms with Crippen LogP contribution in [0, 0.1) is 23.2 Å². The van der Waals surface area contributed by atoms with Crippen LogP contribution in [0.15, 0.2) is 36.9 Å². The largest absolute Gasteiger partial charge is 0.376 e. The Labute approximate surface area is 141 Å². The highest BCUT2D eigenvalue weighted by Crippen LogP contribution is 2.73. The number of fused-ring (bicyclic) bond motifs is 5. The summed E-state index contributed by atoms with van der Waals surface area (Å²) in [7, 11) is 2.21. The van der Waals surface area contributed by atoms with Crippen molar-refractivity contribution in [3.05, 3.63) is 42.5 Å². The van der Waals surface area contributed by atoms with Crippen molar-refractivity contribution in [1.29, 1.82) is 0 Å². The van der Waals surface area contributed by atoms with Crippen molar-refractivity contribution in [1.82, 2.24) is 4.90 Å². The van der Waals surface area contributed by atoms with Gasteiger partial charge >= 0.3 is 0 Å². The van der Waals surface area contributed by atoms with Crippen LogP contribution in [0.4, 0.5) is 5.69 Å². The summed E-state index contributed by atoms with van der Waals surface area (Å²) in [4.78, 5) is 15.9. The number of nitrogens with zero attached hydrogens (tertiary/aromatic N) is 1. The third-order valence-electron chi connectivity index (χ3n) is 7.93. The maximum absolute atomic E-state index is 13.4. The molecule has 124 valence electrons. The van der Waals surface area contributed by atoms with E-state index in [0.717, 1.165) is 30.8 Å². The molecule has 3 aliphatic heterocycles. The number of hydrogen-bond donors (Lipinski definition) is 1. The van der Waals surface area contributed by atoms with E-state index in [1.807, 2.05) is 12.1 Å². The molecule has 0 aromatic heterocycles. The molecule has 3 heterocycles. The highest BCUT2D eigenvalue weighted by molar-refractivity contribution is 6.07. The van der Waals surface area contributed by atoms with Crippen LogP contribution in [0.1, 0.15) is 12.0 Å². The number of carbonyl (C=O) groups is 1. The molecule has 1 aromatic rings. The van der Waals surface area contributed by atoms with Gasteiger partial charge < -0.3 is 15.0 Å². The minimum Gasteiger partial charge on any atom is -0.376 e. The molecule has 4 nitrogen and oxygen atoms in total. The van der Waals surface area contributed by atoms with Gasteiger partial charge in [0.05, 0.1) is 12.7 Å². The summed E-state index contributed by atoms with van der Waals surface area (Å²) in [5, 5.41) is 3.18. The molecule has 4 heteroatoms. The van der Waals surface area contributed by atoms with Crippen molar-refractivity contribution in [3.8, 4) is 0 Å². The number of rotatable bonds is 1. The number of hydrogen-bond acceptors (Lipinski definition) is 3. The molecule has 0 radical (unpaired) electrons. The van der Waals surface area contributed by atoms with Crippen LogP contribution < -0.4 is 5.32 Å². The summed E-state index contributed by atoms with van der Waals surface area (Å²) in [6.07, 6.45) is 3.17. The van der Waals surface area contributed by atoms with E-state index >= 15 is 0 Å². The molecular weight excluding hydrogens is 300 g/mol. The lowest BCUT2D eigenvalue weighted by atomic mass is 9.51. The normalized spacial score (nSPS) is 50.4. The summed E-state index contributed by atoms with van der Waals surface area (Å²) in [6.45, 7) is 6.06. The van der Waals surface area contributed by atoms with Gasteiger partial charge in [0.1, 0.15) is 5.41 Å². The van der Waals surface area contributed by atoms with Gasteiger partial charge in [-0.05, 0) is 31.0 Å². The topological polar surface area (TPSA) is 41.6 Å². The Morgan fingerprint density at radius 2 is 2.25 bits per heavy atom. The van der Waals surface area contributed by atoms with Crippen LogP contribution in [0.2, 0.25) is 0 Å². The monoisotopic (exact) mass is 322 g/mol. The zero-order valence-electron chi connectivity index (χ0n) is 13.9. The third kappa shape index (κ3) is 1.12. The van der Waals surface area contributed by atoms with Crippen molar-refractivity contribution in [3.63, 3.8) is 0 Å². The number of piperidine rings is 1. The first kappa shape index (κ1) is 13.6. The molecule has 2 saturated heterocycles. The van der Waals surface area contributed by atoms with Gasteiger partial charge in [0.2, 0.25) is 5.91 Å². The van der Waals surface area contributed by atoms with E-state index in [9.17, 15) is 4.79 Å². The fourth-order valence-corrected chi connectivity index (χ4v) is 7.38. The van der Waals surface area contributed by atoms with Crippen molar-refractivity contribution in [2.45, 2.75) is 24.0 Å². The Morgan fingerprint density at radius 1 is 1.42 bits per heavy atom. The molecule has 1 N–H and O–H groups in total. The first-order valence-corrected chi connectivity index (χ1v) is 9.01. The van der Waals surface area contributed by atoms with E-state index in [1.54, 1.807) is 0 Å². The second-order valence-corrected chi connectivity index (χ2v) is 8.40. The van der Waals surface area contributed by atoms with Crippen LogP contribution in [-0.2, 0) is 14.9 Å². The maximum atomic E-state index is 13.4. The van der Waals surface area contributed by atoms with Gasteiger partial charge in [-0.2, -0.15) is 0 Å². The van der Waals surface area contributed by atoms with Gasteiger partial charge in [-0.25, -0.2) is 0 Å². The zero-order valence-corrected chi connectivity index (χ0v) is 13.9. The van der Waals surface area contributed by atoms with Crippen LogP contribution >= 0.6 is 0 Å². The third-order valence-corrected chi connectivity index (χ3v) is 7.93. The van der Waals surface area contributed by atoms with Crippen LogP contribution in [0.5, 0.6) is 0 Å². The van der Waals surface area contributed by atoms with E-state index in [1.165, 1.54) is 0 Å². The number of carbonyl (C=O) groups excluding carboxylic acids is 1. The first-order valence-electron chi connectivity index (χ1n) is 9.01. The minimum absolute atomic E-state index is 0.00280. The molecule has 1 spiro atoms. The summed E-state index contributed by atoms with van der Waals surface area (Å²) >= 11 is 0. The van der Waals surface area contributed by atoms with Gasteiger partial charge in [0, 0.05) is 35.5 Å². The van der Waals surface area contributed by atoms with Gasteiger partial charge in [0.25, 0.3) is 0 Å². The van der Waals surface area contributed by atoms with E-state index in [0.29, 0.717) is 17.9 Å². The standard InChI is InChI=1S/C20H22N2O2/c1-3-19-10-22(2)16-11-9-24-15(8-13(11)19)20(17(16)19)12-6-4-5-7-14(12)21-18(20)23/h3-7,11,13,15-17H,1,8-10H2,2H3,(H,21,23)/t11?,13-,15-,16-,17+,19?,20+/m1/s1. The molecule has 1 amide bonds. The van der Waals surface area contributed by atoms with Crippen molar-refractivity contribution < 1.29 is 9.53 Å². The molecule has 2 unspecified atom stereocenters. The SMILES string of the molecule is C=CC12CN(C)[C@@H]3C4CO[C@H](C[C@H]41)[C@]1(C(=O)Nc4ccccc41)[C@@H]32. The number of amides is 1. The molecule has 2 aliphatic carbocycles. The van der Waals surface area contributed by atoms with E-state index < -0.39 is 5.41 Å². The summed E-state index contributed by atoms with van der Waals surface area (Å²) in [5.41, 5.74) is 1.61. The summed E-state index contributed by atoms with van der Waals surface area (Å²) < 4.78 is 6.34. The van der Waals surface area contributed by atoms with Crippen LogP contribution in [0.3, 0.4) is 0 Å². The van der Waals surface area contributed by atoms with Gasteiger partial charge in [0.15, 0.2) is 0 Å². The summed E-state index contributed by atoms with van der Waals surface area (Å²) in [6, 6.07) is 8.64. The molecule has 5 aliphatic rings. The molecule has 2 saturated carbocycles. The number of ether oxygens (including phenoxy) is 1. The highest BCUT2D eigenvalue weighted by Gasteiger charge is 2.79. The van der Waals surface area contributed by atoms with E-state index in [2.05, 4.69) is 42.1 Å². The smallest absolute Gasteiger partial charge is 0.238 e. The molecule has 1 aromatic carbocycles. The maximum Gasteiger partial charge on any atom is 0.238 e. The Morgan fingerprint density at radius 3 is 3.08 bits per heavy atom. The number of likely N-dealkylation sites (tertiary alicyclic amines) is 1. The quantitative estimate of drug-likeness (QED) is 0.805. The van der Waals surface area contributed by atoms with Crippen LogP contribution in [-0.4, -0.2) is 43.2 Å². The Hall–Kier alpha value is -1.65. The Bertz CT molecular complexity index is 792. The van der Waals surface area contributed by atoms with Crippen LogP contribution in [0.25, 0.3) is 0 Å². The van der Waals surface area contributed by atoms with Gasteiger partial charge in [-0.3, -0.25) is 4.79 Å². The van der Waals surface area contributed by atoms with Crippen molar-refractivity contribution >= 4 is 11.6 Å². The Kier molecular flexibility index (Phi) is 2.24. The fourth-order valence-electron chi connectivity index (χ4n) is 7.38. The Balaban J connectivity index is 1.69. The lowest BCUT2D eigenvalue weighted by Gasteiger charge is -2.54. The highest BCUT2D eigenvalue weighted by atomic mass is 16.5. The number of para-hydroxylation sites is 1. The fraction of sp³-hybridized carbons (Fsp3) is 0.550. The van der Waals surface area contributed by atoms with Crippen molar-refractivity contribution in [2.75, 3.05) is 25.5 Å². The lowest BCUT2D eigenvalue weighted by Crippen LogP contribution is -2.62. The number of nitrogens with one attached hydrogen (secondary N) is 1.